The molecule has 28 heavy (non-hydrogen) atoms. The summed E-state index contributed by atoms with van der Waals surface area (Å²) in [5, 5.41) is 8.05. The summed E-state index contributed by atoms with van der Waals surface area (Å²) in [6, 6.07) is 15.2. The molecule has 0 aliphatic carbocycles. The van der Waals surface area contributed by atoms with E-state index < -0.39 is 0 Å². The van der Waals surface area contributed by atoms with E-state index in [4.69, 9.17) is 4.74 Å². The molecule has 4 rings (SSSR count). The Morgan fingerprint density at radius 3 is 2.82 bits per heavy atom. The van der Waals surface area contributed by atoms with Gasteiger partial charge in [0, 0.05) is 26.1 Å². The van der Waals surface area contributed by atoms with Crippen LogP contribution in [0.4, 0.5) is 0 Å². The molecule has 0 saturated heterocycles. The molecule has 8 heteroatoms. The van der Waals surface area contributed by atoms with Crippen LogP contribution in [0.1, 0.15) is 16.3 Å². The van der Waals surface area contributed by atoms with Gasteiger partial charge in [-0.1, -0.05) is 23.4 Å². The summed E-state index contributed by atoms with van der Waals surface area (Å²) in [5.41, 5.74) is 2.94. The SMILES string of the molecule is COc1ccc2nc(CCN(C)C(=O)c3cn(-c4ccccc4)nn3)[nH]c2c1. The Balaban J connectivity index is 1.41. The van der Waals surface area contributed by atoms with Crippen LogP contribution in [0.5, 0.6) is 5.75 Å². The van der Waals surface area contributed by atoms with Gasteiger partial charge in [0.2, 0.25) is 0 Å². The van der Waals surface area contributed by atoms with Crippen molar-refractivity contribution in [2.45, 2.75) is 6.42 Å². The minimum atomic E-state index is -0.181. The summed E-state index contributed by atoms with van der Waals surface area (Å²) in [6.45, 7) is 0.508. The van der Waals surface area contributed by atoms with Gasteiger partial charge < -0.3 is 14.6 Å². The van der Waals surface area contributed by atoms with Crippen LogP contribution >= 0.6 is 0 Å². The molecule has 0 aliphatic heterocycles. The maximum atomic E-state index is 12.6. The highest BCUT2D eigenvalue weighted by molar-refractivity contribution is 5.91. The lowest BCUT2D eigenvalue weighted by molar-refractivity contribution is 0.0790. The van der Waals surface area contributed by atoms with Crippen molar-refractivity contribution in [3.63, 3.8) is 0 Å². The summed E-state index contributed by atoms with van der Waals surface area (Å²) in [6.07, 6.45) is 2.24. The monoisotopic (exact) mass is 376 g/mol. The number of para-hydroxylation sites is 1. The first-order valence-electron chi connectivity index (χ1n) is 8.90. The molecule has 0 radical (unpaired) electrons. The lowest BCUT2D eigenvalue weighted by Crippen LogP contribution is -2.29. The third kappa shape index (κ3) is 3.57. The van der Waals surface area contributed by atoms with Crippen molar-refractivity contribution < 1.29 is 9.53 Å². The summed E-state index contributed by atoms with van der Waals surface area (Å²) >= 11 is 0. The van der Waals surface area contributed by atoms with Crippen LogP contribution in [-0.4, -0.2) is 56.5 Å². The number of nitrogens with zero attached hydrogens (tertiary/aromatic N) is 5. The Morgan fingerprint density at radius 1 is 1.21 bits per heavy atom. The number of methoxy groups -OCH3 is 1. The lowest BCUT2D eigenvalue weighted by atomic mass is 10.3. The molecule has 8 nitrogen and oxygen atoms in total. The van der Waals surface area contributed by atoms with Gasteiger partial charge in [0.25, 0.3) is 5.91 Å². The number of carbonyl (C=O) groups is 1. The summed E-state index contributed by atoms with van der Waals surface area (Å²) in [5.74, 6) is 1.41. The maximum Gasteiger partial charge on any atom is 0.275 e. The van der Waals surface area contributed by atoms with Crippen LogP contribution in [0, 0.1) is 0 Å². The molecule has 0 saturated carbocycles. The van der Waals surface area contributed by atoms with Crippen molar-refractivity contribution in [1.29, 1.82) is 0 Å². The Labute approximate surface area is 161 Å². The number of rotatable bonds is 6. The highest BCUT2D eigenvalue weighted by Crippen LogP contribution is 2.19. The van der Waals surface area contributed by atoms with Crippen molar-refractivity contribution in [2.24, 2.45) is 0 Å². The fourth-order valence-corrected chi connectivity index (χ4v) is 2.93. The van der Waals surface area contributed by atoms with Crippen LogP contribution in [-0.2, 0) is 6.42 Å². The zero-order chi connectivity index (χ0) is 19.5. The van der Waals surface area contributed by atoms with Crippen molar-refractivity contribution in [3.8, 4) is 11.4 Å². The minimum Gasteiger partial charge on any atom is -0.497 e. The highest BCUT2D eigenvalue weighted by Gasteiger charge is 2.17. The molecule has 142 valence electrons. The molecule has 0 aliphatic rings. The van der Waals surface area contributed by atoms with Crippen LogP contribution in [0.3, 0.4) is 0 Å². The topological polar surface area (TPSA) is 88.9 Å². The van der Waals surface area contributed by atoms with Crippen LogP contribution in [0.15, 0.2) is 54.7 Å². The predicted molar refractivity (Wildman–Crippen MR) is 105 cm³/mol. The number of aromatic nitrogens is 5. The van der Waals surface area contributed by atoms with Crippen LogP contribution in [0.25, 0.3) is 16.7 Å². The van der Waals surface area contributed by atoms with E-state index in [2.05, 4.69) is 20.3 Å². The first-order valence-corrected chi connectivity index (χ1v) is 8.90. The largest absolute Gasteiger partial charge is 0.497 e. The quantitative estimate of drug-likeness (QED) is 0.558. The van der Waals surface area contributed by atoms with Crippen LogP contribution < -0.4 is 4.74 Å². The van der Waals surface area contributed by atoms with Gasteiger partial charge in [-0.2, -0.15) is 0 Å². The van der Waals surface area contributed by atoms with E-state index in [9.17, 15) is 4.79 Å². The number of likely N-dealkylation sites (N-methyl/N-ethyl adjacent to an activating group) is 1. The standard InChI is InChI=1S/C20H20N6O2/c1-25(11-10-19-21-16-9-8-15(28-2)12-17(16)22-19)20(27)18-13-26(24-23-18)14-6-4-3-5-7-14/h3-9,12-13H,10-11H2,1-2H3,(H,21,22). The first kappa shape index (κ1) is 17.7. The number of amides is 1. The molecule has 2 aromatic heterocycles. The number of hydrogen-bond donors (Lipinski definition) is 1. The van der Waals surface area contributed by atoms with Gasteiger partial charge in [-0.05, 0) is 24.3 Å². The number of carbonyl (C=O) groups excluding carboxylic acids is 1. The number of hydrogen-bond acceptors (Lipinski definition) is 5. The Hall–Kier alpha value is -3.68. The van der Waals surface area contributed by atoms with Gasteiger partial charge in [0.1, 0.15) is 11.6 Å². The smallest absolute Gasteiger partial charge is 0.275 e. The molecule has 1 N–H and O–H groups in total. The van der Waals surface area contributed by atoms with E-state index >= 15 is 0 Å². The van der Waals surface area contributed by atoms with E-state index in [-0.39, 0.29) is 5.91 Å². The van der Waals surface area contributed by atoms with E-state index in [1.165, 1.54) is 0 Å². The molecule has 0 bridgehead atoms. The second-order valence-corrected chi connectivity index (χ2v) is 6.43. The third-order valence-electron chi connectivity index (χ3n) is 4.50. The van der Waals surface area contributed by atoms with Gasteiger partial charge in [-0.25, -0.2) is 9.67 Å². The maximum absolute atomic E-state index is 12.6. The van der Waals surface area contributed by atoms with E-state index in [0.717, 1.165) is 28.3 Å². The molecule has 0 unspecified atom stereocenters. The second-order valence-electron chi connectivity index (χ2n) is 6.43. The summed E-state index contributed by atoms with van der Waals surface area (Å²) in [7, 11) is 3.38. The van der Waals surface area contributed by atoms with Gasteiger partial charge in [-0.15, -0.1) is 5.10 Å². The molecule has 2 heterocycles. The molecule has 0 atom stereocenters. The second kappa shape index (κ2) is 7.51. The number of nitrogens with one attached hydrogen (secondary N) is 1. The van der Waals surface area contributed by atoms with Gasteiger partial charge in [0.05, 0.1) is 30.0 Å². The molecule has 0 spiro atoms. The van der Waals surface area contributed by atoms with E-state index in [1.807, 2.05) is 48.5 Å². The fourth-order valence-electron chi connectivity index (χ4n) is 2.93. The summed E-state index contributed by atoms with van der Waals surface area (Å²) in [4.78, 5) is 22.1. The lowest BCUT2D eigenvalue weighted by Gasteiger charge is -2.14. The molecule has 0 fully saturated rings. The number of H-pyrrole nitrogens is 1. The van der Waals surface area contributed by atoms with E-state index in [1.54, 1.807) is 29.9 Å². The zero-order valence-corrected chi connectivity index (χ0v) is 15.7. The minimum absolute atomic E-state index is 0.181. The molecular weight excluding hydrogens is 356 g/mol. The average Bonchev–Trinajstić information content (AvgIpc) is 3.38. The van der Waals surface area contributed by atoms with E-state index in [0.29, 0.717) is 18.7 Å². The van der Waals surface area contributed by atoms with Crippen molar-refractivity contribution >= 4 is 16.9 Å². The van der Waals surface area contributed by atoms with Crippen molar-refractivity contribution in [2.75, 3.05) is 20.7 Å². The molecule has 2 aromatic carbocycles. The Bertz CT molecular complexity index is 1100. The Kier molecular flexibility index (Phi) is 4.76. The fraction of sp³-hybridized carbons (Fsp3) is 0.200. The number of ether oxygens (including phenoxy) is 1. The number of benzene rings is 2. The zero-order valence-electron chi connectivity index (χ0n) is 15.7. The highest BCUT2D eigenvalue weighted by atomic mass is 16.5. The predicted octanol–water partition coefficient (Wildman–Crippen LogP) is 2.47. The average molecular weight is 376 g/mol. The third-order valence-corrected chi connectivity index (χ3v) is 4.50. The van der Waals surface area contributed by atoms with Gasteiger partial charge in [0.15, 0.2) is 5.69 Å². The normalized spacial score (nSPS) is 10.9. The van der Waals surface area contributed by atoms with Crippen molar-refractivity contribution in [1.82, 2.24) is 29.9 Å². The van der Waals surface area contributed by atoms with Gasteiger partial charge >= 0.3 is 0 Å². The summed E-state index contributed by atoms with van der Waals surface area (Å²) < 4.78 is 6.82. The number of imidazole rings is 1. The van der Waals surface area contributed by atoms with Crippen molar-refractivity contribution in [3.05, 3.63) is 66.2 Å². The van der Waals surface area contributed by atoms with Crippen LogP contribution in [0.2, 0.25) is 0 Å². The number of fused-ring (bicyclic) bond motifs is 1. The molecule has 1 amide bonds. The molecular formula is C20H20N6O2. The molecule has 4 aromatic rings. The van der Waals surface area contributed by atoms with Gasteiger partial charge in [-0.3, -0.25) is 4.79 Å². The first-order chi connectivity index (χ1) is 13.6. The number of aromatic amines is 1. The Morgan fingerprint density at radius 2 is 2.04 bits per heavy atom.